The fourth-order valence-electron chi connectivity index (χ4n) is 3.80. The van der Waals surface area contributed by atoms with Crippen LogP contribution in [-0.2, 0) is 9.53 Å². The SMILES string of the molecule is Cc1ccc(-c2cnc(Cl)c(C(OC(C)(C)C)C(=O)O)c2N2CCC(C)(C)CC2)nc1. The minimum absolute atomic E-state index is 0.146. The zero-order valence-electron chi connectivity index (χ0n) is 19.2. The monoisotopic (exact) mass is 445 g/mol. The highest BCUT2D eigenvalue weighted by molar-refractivity contribution is 6.31. The predicted octanol–water partition coefficient (Wildman–Crippen LogP) is 5.67. The number of pyridine rings is 2. The maximum absolute atomic E-state index is 12.3. The molecule has 0 bridgehead atoms. The number of aromatic nitrogens is 2. The van der Waals surface area contributed by atoms with E-state index in [9.17, 15) is 9.90 Å². The van der Waals surface area contributed by atoms with Crippen LogP contribution in [0.3, 0.4) is 0 Å². The smallest absolute Gasteiger partial charge is 0.337 e. The van der Waals surface area contributed by atoms with Crippen LogP contribution in [0.15, 0.2) is 24.5 Å². The van der Waals surface area contributed by atoms with Gasteiger partial charge >= 0.3 is 5.97 Å². The number of piperidine rings is 1. The molecule has 1 aliphatic rings. The van der Waals surface area contributed by atoms with Crippen LogP contribution in [0.2, 0.25) is 5.15 Å². The van der Waals surface area contributed by atoms with Gasteiger partial charge in [0.2, 0.25) is 0 Å². The molecule has 1 atom stereocenters. The minimum Gasteiger partial charge on any atom is -0.479 e. The van der Waals surface area contributed by atoms with Crippen LogP contribution < -0.4 is 4.90 Å². The molecule has 0 aliphatic carbocycles. The Morgan fingerprint density at radius 2 is 1.84 bits per heavy atom. The van der Waals surface area contributed by atoms with Crippen LogP contribution in [0.4, 0.5) is 5.69 Å². The molecule has 2 aromatic heterocycles. The summed E-state index contributed by atoms with van der Waals surface area (Å²) in [7, 11) is 0. The van der Waals surface area contributed by atoms with E-state index in [1.807, 2.05) is 39.8 Å². The third kappa shape index (κ3) is 5.55. The highest BCUT2D eigenvalue weighted by Gasteiger charge is 2.36. The van der Waals surface area contributed by atoms with Gasteiger partial charge in [0.15, 0.2) is 6.10 Å². The third-order valence-corrected chi connectivity index (χ3v) is 5.92. The second-order valence-electron chi connectivity index (χ2n) is 10.0. The molecule has 0 amide bonds. The van der Waals surface area contributed by atoms with Crippen molar-refractivity contribution < 1.29 is 14.6 Å². The number of ether oxygens (including phenoxy) is 1. The molecule has 6 nitrogen and oxygen atoms in total. The molecule has 0 radical (unpaired) electrons. The first-order valence-corrected chi connectivity index (χ1v) is 11.0. The molecule has 1 unspecified atom stereocenters. The molecule has 168 valence electrons. The van der Waals surface area contributed by atoms with E-state index in [2.05, 4.69) is 28.7 Å². The Morgan fingerprint density at radius 1 is 1.19 bits per heavy atom. The van der Waals surface area contributed by atoms with Gasteiger partial charge in [-0.05, 0) is 57.6 Å². The van der Waals surface area contributed by atoms with Gasteiger partial charge < -0.3 is 14.7 Å². The molecular formula is C24H32ClN3O3. The van der Waals surface area contributed by atoms with Crippen molar-refractivity contribution in [3.05, 3.63) is 40.8 Å². The van der Waals surface area contributed by atoms with Gasteiger partial charge in [0.05, 0.1) is 22.5 Å². The normalized spacial score (nSPS) is 17.5. The van der Waals surface area contributed by atoms with Gasteiger partial charge in [-0.25, -0.2) is 9.78 Å². The molecule has 1 N–H and O–H groups in total. The molecule has 0 saturated carbocycles. The van der Waals surface area contributed by atoms with E-state index in [1.165, 1.54) is 0 Å². The molecule has 3 heterocycles. The first-order chi connectivity index (χ1) is 14.4. The van der Waals surface area contributed by atoms with Gasteiger partial charge in [-0.15, -0.1) is 0 Å². The van der Waals surface area contributed by atoms with Crippen molar-refractivity contribution in [1.29, 1.82) is 0 Å². The lowest BCUT2D eigenvalue weighted by atomic mass is 9.82. The zero-order chi connectivity index (χ0) is 23.0. The summed E-state index contributed by atoms with van der Waals surface area (Å²) in [6.07, 6.45) is 4.23. The third-order valence-electron chi connectivity index (χ3n) is 5.62. The van der Waals surface area contributed by atoms with Crippen LogP contribution in [0, 0.1) is 12.3 Å². The van der Waals surface area contributed by atoms with E-state index in [0.29, 0.717) is 5.56 Å². The molecule has 3 rings (SSSR count). The van der Waals surface area contributed by atoms with Crippen LogP contribution in [0.25, 0.3) is 11.3 Å². The standard InChI is InChI=1S/C24H32ClN3O3/c1-15-7-8-17(26-13-15)16-14-27-21(25)18(20(22(29)30)31-23(2,3)4)19(16)28-11-9-24(5,6)10-12-28/h7-8,13-14,20H,9-12H2,1-6H3,(H,29,30). The van der Waals surface area contributed by atoms with Gasteiger partial charge in [-0.1, -0.05) is 31.5 Å². The summed E-state index contributed by atoms with van der Waals surface area (Å²) in [5.41, 5.74) is 3.26. The molecule has 31 heavy (non-hydrogen) atoms. The maximum Gasteiger partial charge on any atom is 0.337 e. The Bertz CT molecular complexity index is 942. The first-order valence-electron chi connectivity index (χ1n) is 10.6. The summed E-state index contributed by atoms with van der Waals surface area (Å²) in [4.78, 5) is 23.5. The van der Waals surface area contributed by atoms with Crippen LogP contribution in [-0.4, -0.2) is 39.7 Å². The van der Waals surface area contributed by atoms with Gasteiger partial charge in [0.25, 0.3) is 0 Å². The number of aryl methyl sites for hydroxylation is 1. The predicted molar refractivity (Wildman–Crippen MR) is 124 cm³/mol. The fourth-order valence-corrected chi connectivity index (χ4v) is 4.04. The second kappa shape index (κ2) is 8.75. The molecule has 1 fully saturated rings. The fraction of sp³-hybridized carbons (Fsp3) is 0.542. The summed E-state index contributed by atoms with van der Waals surface area (Å²) < 4.78 is 5.98. The average Bonchev–Trinajstić information content (AvgIpc) is 2.66. The summed E-state index contributed by atoms with van der Waals surface area (Å²) in [5, 5.41) is 10.2. The van der Waals surface area contributed by atoms with Crippen molar-refractivity contribution >= 4 is 23.3 Å². The maximum atomic E-state index is 12.3. The molecule has 0 aromatic carbocycles. The molecule has 2 aromatic rings. The Labute approximate surface area is 189 Å². The molecule has 0 spiro atoms. The number of rotatable bonds is 5. The quantitative estimate of drug-likeness (QED) is 0.597. The van der Waals surface area contributed by atoms with Gasteiger partial charge in [-0.3, -0.25) is 4.98 Å². The van der Waals surface area contributed by atoms with Crippen LogP contribution in [0.1, 0.15) is 64.7 Å². The summed E-state index contributed by atoms with van der Waals surface area (Å²) >= 11 is 6.56. The molecular weight excluding hydrogens is 414 g/mol. The lowest BCUT2D eigenvalue weighted by molar-refractivity contribution is -0.160. The highest BCUT2D eigenvalue weighted by atomic mass is 35.5. The number of aliphatic carboxylic acids is 1. The first kappa shape index (κ1) is 23.5. The number of carboxylic acids is 1. The van der Waals surface area contributed by atoms with E-state index < -0.39 is 17.7 Å². The summed E-state index contributed by atoms with van der Waals surface area (Å²) in [6, 6.07) is 3.92. The Hall–Kier alpha value is -2.18. The largest absolute Gasteiger partial charge is 0.479 e. The van der Waals surface area contributed by atoms with Gasteiger partial charge in [-0.2, -0.15) is 0 Å². The second-order valence-corrected chi connectivity index (χ2v) is 10.4. The Balaban J connectivity index is 2.22. The topological polar surface area (TPSA) is 75.6 Å². The number of nitrogens with zero attached hydrogens (tertiary/aromatic N) is 3. The average molecular weight is 446 g/mol. The lowest BCUT2D eigenvalue weighted by Gasteiger charge is -2.40. The van der Waals surface area contributed by atoms with Crippen molar-refractivity contribution in [3.8, 4) is 11.3 Å². The number of carboxylic acid groups (broad SMARTS) is 1. The highest BCUT2D eigenvalue weighted by Crippen LogP contribution is 2.44. The Morgan fingerprint density at radius 3 is 2.35 bits per heavy atom. The molecule has 1 aliphatic heterocycles. The number of hydrogen-bond acceptors (Lipinski definition) is 5. The van der Waals surface area contributed by atoms with E-state index in [-0.39, 0.29) is 10.6 Å². The summed E-state index contributed by atoms with van der Waals surface area (Å²) in [6.45, 7) is 13.6. The minimum atomic E-state index is -1.24. The van der Waals surface area contributed by atoms with E-state index >= 15 is 0 Å². The number of anilines is 1. The number of hydrogen-bond donors (Lipinski definition) is 1. The van der Waals surface area contributed by atoms with E-state index in [0.717, 1.165) is 48.4 Å². The van der Waals surface area contributed by atoms with E-state index in [1.54, 1.807) is 12.4 Å². The van der Waals surface area contributed by atoms with Gasteiger partial charge in [0, 0.05) is 31.0 Å². The zero-order valence-corrected chi connectivity index (χ0v) is 20.0. The van der Waals surface area contributed by atoms with Crippen LogP contribution in [0.5, 0.6) is 0 Å². The summed E-state index contributed by atoms with van der Waals surface area (Å²) in [5.74, 6) is -1.09. The molecule has 1 saturated heterocycles. The molecule has 7 heteroatoms. The van der Waals surface area contributed by atoms with Crippen molar-refractivity contribution in [1.82, 2.24) is 9.97 Å². The number of carbonyl (C=O) groups is 1. The Kier molecular flexibility index (Phi) is 6.63. The van der Waals surface area contributed by atoms with Crippen molar-refractivity contribution in [2.24, 2.45) is 5.41 Å². The van der Waals surface area contributed by atoms with E-state index in [4.69, 9.17) is 16.3 Å². The van der Waals surface area contributed by atoms with Gasteiger partial charge in [0.1, 0.15) is 5.15 Å². The lowest BCUT2D eigenvalue weighted by Crippen LogP contribution is -2.39. The number of halogens is 1. The van der Waals surface area contributed by atoms with Crippen LogP contribution >= 0.6 is 11.6 Å². The van der Waals surface area contributed by atoms with Crippen molar-refractivity contribution in [3.63, 3.8) is 0 Å². The van der Waals surface area contributed by atoms with Crippen molar-refractivity contribution in [2.45, 2.75) is 66.1 Å². The van der Waals surface area contributed by atoms with Crippen molar-refractivity contribution in [2.75, 3.05) is 18.0 Å².